The number of hydrogen-bond acceptors (Lipinski definition) is 5. The maximum atomic E-state index is 13.6. The van der Waals surface area contributed by atoms with E-state index in [0.29, 0.717) is 16.9 Å². The van der Waals surface area contributed by atoms with E-state index in [0.717, 1.165) is 16.7 Å². The van der Waals surface area contributed by atoms with Crippen molar-refractivity contribution in [3.63, 3.8) is 0 Å². The Kier molecular flexibility index (Phi) is 5.32. The highest BCUT2D eigenvalue weighted by molar-refractivity contribution is 6.46. The van der Waals surface area contributed by atoms with Crippen LogP contribution in [0.25, 0.3) is 5.57 Å². The van der Waals surface area contributed by atoms with E-state index in [-0.39, 0.29) is 17.0 Å². The minimum atomic E-state index is -0.505. The number of amides is 2. The molecule has 0 aromatic heterocycles. The molecule has 0 saturated heterocycles. The lowest BCUT2D eigenvalue weighted by molar-refractivity contribution is -0.384. The standard InChI is InChI=1S/C25H21N3O4/c1-15-8-9-17(3)21(14-15)27-24(29)22(18-10-12-19(13-11-18)28(31)32)23(25(27)30)26-20-7-5-4-6-16(20)2/h4-14,26H,1-3H3. The molecule has 0 aliphatic carbocycles. The monoisotopic (exact) mass is 427 g/mol. The lowest BCUT2D eigenvalue weighted by Gasteiger charge is -2.18. The Labute approximate surface area is 185 Å². The van der Waals surface area contributed by atoms with Crippen LogP contribution in [0, 0.1) is 30.9 Å². The average molecular weight is 427 g/mol. The van der Waals surface area contributed by atoms with Crippen molar-refractivity contribution >= 4 is 34.4 Å². The van der Waals surface area contributed by atoms with Crippen molar-refractivity contribution in [2.75, 3.05) is 10.2 Å². The van der Waals surface area contributed by atoms with Crippen molar-refractivity contribution in [1.82, 2.24) is 0 Å². The van der Waals surface area contributed by atoms with Gasteiger partial charge in [-0.3, -0.25) is 19.7 Å². The second kappa shape index (κ2) is 8.11. The highest BCUT2D eigenvalue weighted by Gasteiger charge is 2.41. The second-order valence-electron chi connectivity index (χ2n) is 7.73. The Hall–Kier alpha value is -4.26. The van der Waals surface area contributed by atoms with Gasteiger partial charge in [-0.25, -0.2) is 4.90 Å². The summed E-state index contributed by atoms with van der Waals surface area (Å²) in [6, 6.07) is 18.7. The third-order valence-electron chi connectivity index (χ3n) is 5.46. The number of imide groups is 1. The molecule has 1 N–H and O–H groups in total. The van der Waals surface area contributed by atoms with E-state index in [1.807, 2.05) is 57.2 Å². The molecule has 3 aromatic carbocycles. The lowest BCUT2D eigenvalue weighted by Crippen LogP contribution is -2.33. The third kappa shape index (κ3) is 3.65. The molecule has 1 aliphatic rings. The van der Waals surface area contributed by atoms with E-state index in [4.69, 9.17) is 0 Å². The van der Waals surface area contributed by atoms with Crippen molar-refractivity contribution in [2.24, 2.45) is 0 Å². The van der Waals surface area contributed by atoms with Crippen LogP contribution < -0.4 is 10.2 Å². The number of para-hydroxylation sites is 1. The van der Waals surface area contributed by atoms with Crippen molar-refractivity contribution in [3.05, 3.63) is 105 Å². The number of non-ortho nitro benzene ring substituents is 1. The Morgan fingerprint density at radius 3 is 2.19 bits per heavy atom. The van der Waals surface area contributed by atoms with Crippen molar-refractivity contribution in [1.29, 1.82) is 0 Å². The van der Waals surface area contributed by atoms with Gasteiger partial charge in [-0.05, 0) is 67.3 Å². The Morgan fingerprint density at radius 2 is 1.53 bits per heavy atom. The molecule has 0 fully saturated rings. The largest absolute Gasteiger partial charge is 0.350 e. The summed E-state index contributed by atoms with van der Waals surface area (Å²) in [6.07, 6.45) is 0. The number of hydrogen-bond donors (Lipinski definition) is 1. The molecule has 3 aromatic rings. The summed E-state index contributed by atoms with van der Waals surface area (Å²) >= 11 is 0. The van der Waals surface area contributed by atoms with Gasteiger partial charge in [0.2, 0.25) is 0 Å². The van der Waals surface area contributed by atoms with Gasteiger partial charge in [-0.15, -0.1) is 0 Å². The number of aryl methyl sites for hydroxylation is 3. The molecule has 2 amide bonds. The molecule has 0 unspecified atom stereocenters. The Morgan fingerprint density at radius 1 is 0.844 bits per heavy atom. The predicted molar refractivity (Wildman–Crippen MR) is 123 cm³/mol. The van der Waals surface area contributed by atoms with Gasteiger partial charge in [-0.2, -0.15) is 0 Å². The zero-order valence-electron chi connectivity index (χ0n) is 17.9. The van der Waals surface area contributed by atoms with Gasteiger partial charge < -0.3 is 5.32 Å². The molecule has 7 heteroatoms. The number of nitro benzene ring substituents is 1. The van der Waals surface area contributed by atoms with Crippen LogP contribution in [0.5, 0.6) is 0 Å². The van der Waals surface area contributed by atoms with E-state index in [2.05, 4.69) is 5.32 Å². The summed E-state index contributed by atoms with van der Waals surface area (Å²) in [7, 11) is 0. The van der Waals surface area contributed by atoms with Crippen molar-refractivity contribution < 1.29 is 14.5 Å². The number of carbonyl (C=O) groups excluding carboxylic acids is 2. The molecule has 0 bridgehead atoms. The zero-order chi connectivity index (χ0) is 23.0. The summed E-state index contributed by atoms with van der Waals surface area (Å²) in [6.45, 7) is 5.64. The maximum Gasteiger partial charge on any atom is 0.282 e. The van der Waals surface area contributed by atoms with E-state index in [9.17, 15) is 19.7 Å². The average Bonchev–Trinajstić information content (AvgIpc) is 3.01. The normalized spacial score (nSPS) is 13.7. The second-order valence-corrected chi connectivity index (χ2v) is 7.73. The van der Waals surface area contributed by atoms with Crippen LogP contribution in [-0.2, 0) is 9.59 Å². The minimum absolute atomic E-state index is 0.0917. The molecule has 7 nitrogen and oxygen atoms in total. The fraction of sp³-hybridized carbons (Fsp3) is 0.120. The minimum Gasteiger partial charge on any atom is -0.350 e. The van der Waals surface area contributed by atoms with E-state index < -0.39 is 16.7 Å². The third-order valence-corrected chi connectivity index (χ3v) is 5.46. The topological polar surface area (TPSA) is 92.6 Å². The zero-order valence-corrected chi connectivity index (χ0v) is 17.9. The van der Waals surface area contributed by atoms with E-state index >= 15 is 0 Å². The number of carbonyl (C=O) groups is 2. The Balaban J connectivity index is 1.86. The summed E-state index contributed by atoms with van der Waals surface area (Å²) in [5, 5.41) is 14.2. The van der Waals surface area contributed by atoms with Crippen molar-refractivity contribution in [3.8, 4) is 0 Å². The summed E-state index contributed by atoms with van der Waals surface area (Å²) in [5.41, 5.74) is 4.48. The SMILES string of the molecule is Cc1ccc(C)c(N2C(=O)C(Nc3ccccc3C)=C(c3ccc([N+](=O)[O-])cc3)C2=O)c1. The van der Waals surface area contributed by atoms with Gasteiger partial charge in [0, 0.05) is 17.8 Å². The van der Waals surface area contributed by atoms with Crippen molar-refractivity contribution in [2.45, 2.75) is 20.8 Å². The number of nitrogens with one attached hydrogen (secondary N) is 1. The highest BCUT2D eigenvalue weighted by Crippen LogP contribution is 2.36. The molecule has 1 aliphatic heterocycles. The molecule has 0 saturated carbocycles. The van der Waals surface area contributed by atoms with Crippen LogP contribution in [-0.4, -0.2) is 16.7 Å². The number of benzene rings is 3. The van der Waals surface area contributed by atoms with Gasteiger partial charge in [0.15, 0.2) is 0 Å². The molecule has 160 valence electrons. The molecule has 0 atom stereocenters. The van der Waals surface area contributed by atoms with Gasteiger partial charge in [0.1, 0.15) is 5.70 Å². The van der Waals surface area contributed by atoms with Gasteiger partial charge in [0.05, 0.1) is 16.2 Å². The first-order valence-corrected chi connectivity index (χ1v) is 10.1. The molecule has 32 heavy (non-hydrogen) atoms. The first-order valence-electron chi connectivity index (χ1n) is 10.1. The van der Waals surface area contributed by atoms with Crippen LogP contribution in [0.15, 0.2) is 72.4 Å². The van der Waals surface area contributed by atoms with Crippen LogP contribution in [0.1, 0.15) is 22.3 Å². The first kappa shape index (κ1) is 21.0. The molecule has 0 spiro atoms. The van der Waals surface area contributed by atoms with Crippen LogP contribution in [0.3, 0.4) is 0 Å². The Bertz CT molecular complexity index is 1290. The fourth-order valence-corrected chi connectivity index (χ4v) is 3.69. The van der Waals surface area contributed by atoms with Gasteiger partial charge in [-0.1, -0.05) is 30.3 Å². The number of nitrogens with zero attached hydrogens (tertiary/aromatic N) is 2. The van der Waals surface area contributed by atoms with Crippen LogP contribution in [0.2, 0.25) is 0 Å². The molecular weight excluding hydrogens is 406 g/mol. The van der Waals surface area contributed by atoms with Crippen LogP contribution in [0.4, 0.5) is 17.1 Å². The maximum absolute atomic E-state index is 13.6. The van der Waals surface area contributed by atoms with E-state index in [1.54, 1.807) is 6.07 Å². The molecule has 4 rings (SSSR count). The quantitative estimate of drug-likeness (QED) is 0.355. The summed E-state index contributed by atoms with van der Waals surface area (Å²) in [4.78, 5) is 38.8. The smallest absolute Gasteiger partial charge is 0.282 e. The molecular formula is C25H21N3O4. The summed E-state index contributed by atoms with van der Waals surface area (Å²) in [5.74, 6) is -0.950. The predicted octanol–water partition coefficient (Wildman–Crippen LogP) is 4.92. The number of nitro groups is 1. The number of anilines is 2. The van der Waals surface area contributed by atoms with Gasteiger partial charge >= 0.3 is 0 Å². The highest BCUT2D eigenvalue weighted by atomic mass is 16.6. The molecule has 1 heterocycles. The van der Waals surface area contributed by atoms with E-state index in [1.165, 1.54) is 29.2 Å². The number of rotatable bonds is 5. The lowest BCUT2D eigenvalue weighted by atomic mass is 10.0. The fourth-order valence-electron chi connectivity index (χ4n) is 3.69. The first-order chi connectivity index (χ1) is 15.3. The summed E-state index contributed by atoms with van der Waals surface area (Å²) < 4.78 is 0. The van der Waals surface area contributed by atoms with Crippen LogP contribution >= 0.6 is 0 Å². The molecule has 0 radical (unpaired) electrons. The van der Waals surface area contributed by atoms with Gasteiger partial charge in [0.25, 0.3) is 17.5 Å².